The summed E-state index contributed by atoms with van der Waals surface area (Å²) in [5, 5.41) is 0. The molecule has 4 nitrogen and oxygen atoms in total. The first-order valence-corrected chi connectivity index (χ1v) is 14.3. The van der Waals surface area contributed by atoms with Crippen LogP contribution in [0.2, 0.25) is 0 Å². The van der Waals surface area contributed by atoms with Crippen molar-refractivity contribution >= 4 is 7.60 Å². The molecule has 0 aliphatic heterocycles. The molecule has 5 heteroatoms. The predicted octanol–water partition coefficient (Wildman–Crippen LogP) is 8.06. The number of nitrogens with zero attached hydrogens (tertiary/aromatic N) is 1. The quantitative estimate of drug-likeness (QED) is 0.0839. The molecule has 0 aliphatic carbocycles. The van der Waals surface area contributed by atoms with E-state index < -0.39 is 7.60 Å². The fourth-order valence-corrected chi connectivity index (χ4v) is 5.90. The molecule has 1 N–H and O–H groups in total. The van der Waals surface area contributed by atoms with Crippen LogP contribution in [0.1, 0.15) is 117 Å². The van der Waals surface area contributed by atoms with Gasteiger partial charge in [-0.25, -0.2) is 0 Å². The number of quaternary nitrogens is 1. The number of allylic oxidation sites excluding steroid dienone is 2. The van der Waals surface area contributed by atoms with Crippen molar-refractivity contribution in [2.75, 3.05) is 27.7 Å². The van der Waals surface area contributed by atoms with E-state index in [1.54, 1.807) is 0 Å². The van der Waals surface area contributed by atoms with Gasteiger partial charge in [-0.2, -0.15) is 0 Å². The second kappa shape index (κ2) is 18.4. The molecule has 0 rings (SSSR count). The Morgan fingerprint density at radius 3 is 1.70 bits per heavy atom. The van der Waals surface area contributed by atoms with E-state index in [9.17, 15) is 9.46 Å². The fraction of sp³-hybridized carbons (Fsp3) is 0.920. The smallest absolute Gasteiger partial charge is 0.320 e. The van der Waals surface area contributed by atoms with Gasteiger partial charge in [-0.1, -0.05) is 83.8 Å². The highest BCUT2D eigenvalue weighted by atomic mass is 31.2. The highest BCUT2D eigenvalue weighted by Crippen LogP contribution is 2.51. The van der Waals surface area contributed by atoms with Crippen molar-refractivity contribution in [2.45, 2.75) is 122 Å². The van der Waals surface area contributed by atoms with Crippen LogP contribution >= 0.6 is 7.60 Å². The van der Waals surface area contributed by atoms with E-state index in [4.69, 9.17) is 4.52 Å². The first-order chi connectivity index (χ1) is 14.3. The maximum Gasteiger partial charge on any atom is 0.385 e. The van der Waals surface area contributed by atoms with Gasteiger partial charge in [0.05, 0.1) is 27.7 Å². The average Bonchev–Trinajstić information content (AvgIpc) is 2.67. The molecule has 180 valence electrons. The standard InChI is InChI=1S/C25H52NO3P/c1-6-8-9-10-11-12-13-14-15-16-17-18-19-20-21-22-24-29-30(27,28)25(23-7-2)26(3,4)5/h11-12,25H,6-10,13-24H2,1-5H3/p+1/b12-11-. The van der Waals surface area contributed by atoms with Gasteiger partial charge in [0.1, 0.15) is 0 Å². The Balaban J connectivity index is 3.58. The number of unbranched alkanes of at least 4 members (excludes halogenated alkanes) is 12. The summed E-state index contributed by atoms with van der Waals surface area (Å²) in [4.78, 5) is 10.4. The Morgan fingerprint density at radius 1 is 0.767 bits per heavy atom. The third-order valence-electron chi connectivity index (χ3n) is 5.75. The zero-order chi connectivity index (χ0) is 22.7. The van der Waals surface area contributed by atoms with E-state index in [1.165, 1.54) is 77.0 Å². The summed E-state index contributed by atoms with van der Waals surface area (Å²) in [7, 11) is 2.35. The molecule has 0 heterocycles. The summed E-state index contributed by atoms with van der Waals surface area (Å²) in [6.45, 7) is 4.71. The maximum atomic E-state index is 12.6. The van der Waals surface area contributed by atoms with E-state index in [0.717, 1.165) is 19.3 Å². The Morgan fingerprint density at radius 2 is 1.23 bits per heavy atom. The van der Waals surface area contributed by atoms with E-state index in [2.05, 4.69) is 26.0 Å². The zero-order valence-electron chi connectivity index (χ0n) is 20.9. The van der Waals surface area contributed by atoms with Gasteiger partial charge in [0.25, 0.3) is 0 Å². The van der Waals surface area contributed by atoms with Crippen LogP contribution in [0.5, 0.6) is 0 Å². The molecule has 0 aromatic rings. The third-order valence-corrected chi connectivity index (χ3v) is 8.01. The SMILES string of the molecule is CCCCC/C=C\CCCCCCCCCCCOP(=O)(O)C(CCC)[N+](C)(C)C. The van der Waals surface area contributed by atoms with Crippen molar-refractivity contribution in [2.24, 2.45) is 0 Å². The van der Waals surface area contributed by atoms with Crippen LogP contribution in [0.3, 0.4) is 0 Å². The van der Waals surface area contributed by atoms with Crippen molar-refractivity contribution in [3.8, 4) is 0 Å². The van der Waals surface area contributed by atoms with Crippen LogP contribution < -0.4 is 0 Å². The van der Waals surface area contributed by atoms with Crippen molar-refractivity contribution in [1.29, 1.82) is 0 Å². The number of rotatable bonds is 21. The van der Waals surface area contributed by atoms with Gasteiger partial charge >= 0.3 is 7.60 Å². The van der Waals surface area contributed by atoms with Crippen LogP contribution in [0.25, 0.3) is 0 Å². The summed E-state index contributed by atoms with van der Waals surface area (Å²) in [6.07, 6.45) is 24.0. The monoisotopic (exact) mass is 446 g/mol. The van der Waals surface area contributed by atoms with Crippen LogP contribution in [-0.4, -0.2) is 42.9 Å². The lowest BCUT2D eigenvalue weighted by atomic mass is 10.1. The molecule has 0 bridgehead atoms. The summed E-state index contributed by atoms with van der Waals surface area (Å²) in [5.41, 5.74) is 0. The molecule has 0 saturated carbocycles. The molecular weight excluding hydrogens is 393 g/mol. The lowest BCUT2D eigenvalue weighted by molar-refractivity contribution is -0.883. The van der Waals surface area contributed by atoms with Crippen LogP contribution in [0.15, 0.2) is 12.2 Å². The van der Waals surface area contributed by atoms with Gasteiger partial charge in [0, 0.05) is 6.42 Å². The minimum Gasteiger partial charge on any atom is -0.320 e. The second-order valence-electron chi connectivity index (χ2n) is 9.72. The van der Waals surface area contributed by atoms with Crippen LogP contribution in [-0.2, 0) is 9.09 Å². The van der Waals surface area contributed by atoms with Crippen molar-refractivity contribution < 1.29 is 18.5 Å². The highest BCUT2D eigenvalue weighted by Gasteiger charge is 2.41. The summed E-state index contributed by atoms with van der Waals surface area (Å²) >= 11 is 0. The molecule has 30 heavy (non-hydrogen) atoms. The molecular formula is C25H53NO3P+. The predicted molar refractivity (Wildman–Crippen MR) is 132 cm³/mol. The second-order valence-corrected chi connectivity index (χ2v) is 11.7. The molecule has 0 saturated heterocycles. The average molecular weight is 447 g/mol. The third kappa shape index (κ3) is 16.5. The first kappa shape index (κ1) is 29.9. The molecule has 0 aromatic carbocycles. The Labute approximate surface area is 188 Å². The molecule has 0 aromatic heterocycles. The first-order valence-electron chi connectivity index (χ1n) is 12.7. The Bertz CT molecular complexity index is 460. The van der Waals surface area contributed by atoms with Gasteiger partial charge in [-0.3, -0.25) is 4.57 Å². The largest absolute Gasteiger partial charge is 0.385 e. The maximum absolute atomic E-state index is 12.6. The van der Waals surface area contributed by atoms with Crippen molar-refractivity contribution in [3.63, 3.8) is 0 Å². The molecule has 0 spiro atoms. The minimum absolute atomic E-state index is 0.334. The molecule has 2 unspecified atom stereocenters. The van der Waals surface area contributed by atoms with E-state index in [-0.39, 0.29) is 5.78 Å². The normalized spacial score (nSPS) is 15.5. The summed E-state index contributed by atoms with van der Waals surface area (Å²) in [5.74, 6) is -0.334. The minimum atomic E-state index is -3.56. The zero-order valence-corrected chi connectivity index (χ0v) is 21.8. The topological polar surface area (TPSA) is 46.5 Å². The molecule has 0 amide bonds. The molecule has 2 atom stereocenters. The summed E-state index contributed by atoms with van der Waals surface area (Å²) in [6, 6.07) is 0. The van der Waals surface area contributed by atoms with Gasteiger partial charge in [0.15, 0.2) is 5.78 Å². The lowest BCUT2D eigenvalue weighted by Gasteiger charge is -2.35. The van der Waals surface area contributed by atoms with Crippen molar-refractivity contribution in [3.05, 3.63) is 12.2 Å². The van der Waals surface area contributed by atoms with Gasteiger partial charge < -0.3 is 13.9 Å². The van der Waals surface area contributed by atoms with Gasteiger partial charge in [0.2, 0.25) is 0 Å². The number of hydrogen-bond donors (Lipinski definition) is 1. The Kier molecular flexibility index (Phi) is 18.3. The van der Waals surface area contributed by atoms with E-state index in [1.807, 2.05) is 21.1 Å². The van der Waals surface area contributed by atoms with Crippen molar-refractivity contribution in [1.82, 2.24) is 0 Å². The molecule has 0 aliphatic rings. The van der Waals surface area contributed by atoms with Crippen LogP contribution in [0, 0.1) is 0 Å². The van der Waals surface area contributed by atoms with E-state index in [0.29, 0.717) is 17.5 Å². The fourth-order valence-electron chi connectivity index (χ4n) is 3.88. The molecule has 0 radical (unpaired) electrons. The summed E-state index contributed by atoms with van der Waals surface area (Å²) < 4.78 is 18.6. The molecule has 0 fully saturated rings. The lowest BCUT2D eigenvalue weighted by Crippen LogP contribution is -2.45. The highest BCUT2D eigenvalue weighted by molar-refractivity contribution is 7.53. The Hall–Kier alpha value is -0.150. The van der Waals surface area contributed by atoms with Gasteiger partial charge in [-0.15, -0.1) is 0 Å². The van der Waals surface area contributed by atoms with Gasteiger partial charge in [-0.05, 0) is 38.5 Å². The van der Waals surface area contributed by atoms with Crippen LogP contribution in [0.4, 0.5) is 0 Å². The number of hydrogen-bond acceptors (Lipinski definition) is 2. The van der Waals surface area contributed by atoms with E-state index >= 15 is 0 Å².